The second-order valence-corrected chi connectivity index (χ2v) is 5.38. The lowest BCUT2D eigenvalue weighted by atomic mass is 10.2. The first kappa shape index (κ1) is 15.9. The highest BCUT2D eigenvalue weighted by Crippen LogP contribution is 2.11. The Balaban J connectivity index is 3.76. The zero-order valence-electron chi connectivity index (χ0n) is 11.8. The Morgan fingerprint density at radius 3 is 1.69 bits per heavy atom. The van der Waals surface area contributed by atoms with Crippen LogP contribution < -0.4 is 0 Å². The van der Waals surface area contributed by atoms with Crippen molar-refractivity contribution < 1.29 is 9.47 Å². The molecule has 0 amide bonds. The second-order valence-electron chi connectivity index (χ2n) is 5.38. The summed E-state index contributed by atoms with van der Waals surface area (Å²) in [7, 11) is 0. The molecule has 0 aromatic carbocycles. The van der Waals surface area contributed by atoms with Crippen LogP contribution in [0.25, 0.3) is 0 Å². The lowest BCUT2D eigenvalue weighted by Gasteiger charge is -2.20. The Morgan fingerprint density at radius 1 is 0.812 bits per heavy atom. The van der Waals surface area contributed by atoms with Crippen LogP contribution in [0.1, 0.15) is 60.3 Å². The van der Waals surface area contributed by atoms with Crippen LogP contribution >= 0.6 is 0 Å². The largest absolute Gasteiger partial charge is 0.352 e. The molecule has 0 N–H and O–H groups in total. The number of ether oxygens (including phenoxy) is 2. The van der Waals surface area contributed by atoms with Crippen molar-refractivity contribution in [2.75, 3.05) is 13.2 Å². The van der Waals surface area contributed by atoms with E-state index in [1.54, 1.807) is 0 Å². The van der Waals surface area contributed by atoms with Gasteiger partial charge >= 0.3 is 0 Å². The van der Waals surface area contributed by atoms with E-state index in [0.717, 1.165) is 19.6 Å². The van der Waals surface area contributed by atoms with Gasteiger partial charge in [0.15, 0.2) is 6.29 Å². The van der Waals surface area contributed by atoms with Crippen LogP contribution in [0.2, 0.25) is 0 Å². The highest BCUT2D eigenvalue weighted by Gasteiger charge is 2.10. The summed E-state index contributed by atoms with van der Waals surface area (Å²) in [6.07, 6.45) is 4.77. The summed E-state index contributed by atoms with van der Waals surface area (Å²) in [5.74, 6) is 1.16. The van der Waals surface area contributed by atoms with Crippen molar-refractivity contribution in [1.29, 1.82) is 0 Å². The summed E-state index contributed by atoms with van der Waals surface area (Å²) in [4.78, 5) is 0. The van der Waals surface area contributed by atoms with Crippen molar-refractivity contribution in [3.05, 3.63) is 0 Å². The summed E-state index contributed by atoms with van der Waals surface area (Å²) in [6.45, 7) is 12.5. The van der Waals surface area contributed by atoms with E-state index in [0.29, 0.717) is 11.8 Å². The summed E-state index contributed by atoms with van der Waals surface area (Å²) in [5.41, 5.74) is 0. The molecule has 0 spiro atoms. The first-order valence-corrected chi connectivity index (χ1v) is 6.79. The first-order valence-electron chi connectivity index (χ1n) is 6.79. The van der Waals surface area contributed by atoms with Crippen molar-refractivity contribution >= 4 is 0 Å². The lowest BCUT2D eigenvalue weighted by Crippen LogP contribution is -2.22. The Kier molecular flexibility index (Phi) is 10.0. The average molecular weight is 230 g/mol. The molecule has 0 aromatic heterocycles. The van der Waals surface area contributed by atoms with Crippen LogP contribution in [-0.4, -0.2) is 19.5 Å². The quantitative estimate of drug-likeness (QED) is 0.413. The Hall–Kier alpha value is -0.0800. The fourth-order valence-corrected chi connectivity index (χ4v) is 1.38. The average Bonchev–Trinajstić information content (AvgIpc) is 2.21. The Labute approximate surface area is 102 Å². The lowest BCUT2D eigenvalue weighted by molar-refractivity contribution is -0.157. The van der Waals surface area contributed by atoms with E-state index < -0.39 is 0 Å². The van der Waals surface area contributed by atoms with Gasteiger partial charge in [-0.2, -0.15) is 0 Å². The number of hydrogen-bond acceptors (Lipinski definition) is 2. The smallest absolute Gasteiger partial charge is 0.157 e. The minimum atomic E-state index is 0.0105. The van der Waals surface area contributed by atoms with Gasteiger partial charge in [-0.1, -0.05) is 47.5 Å². The first-order chi connectivity index (χ1) is 7.56. The Bertz CT molecular complexity index is 132. The number of unbranched alkanes of at least 4 members (excludes halogenated alkanes) is 2. The van der Waals surface area contributed by atoms with Crippen LogP contribution in [0.5, 0.6) is 0 Å². The predicted octanol–water partition coefficient (Wildman–Crippen LogP) is 4.24. The van der Waals surface area contributed by atoms with E-state index in [2.05, 4.69) is 34.6 Å². The molecule has 16 heavy (non-hydrogen) atoms. The van der Waals surface area contributed by atoms with Gasteiger partial charge in [0, 0.05) is 0 Å². The molecule has 98 valence electrons. The molecule has 0 bridgehead atoms. The highest BCUT2D eigenvalue weighted by atomic mass is 16.7. The molecule has 0 heterocycles. The van der Waals surface area contributed by atoms with Gasteiger partial charge in [0.2, 0.25) is 0 Å². The fraction of sp³-hybridized carbons (Fsp3) is 1.00. The molecule has 0 rings (SSSR count). The van der Waals surface area contributed by atoms with Crippen LogP contribution in [0.15, 0.2) is 0 Å². The van der Waals surface area contributed by atoms with Crippen LogP contribution in [0.4, 0.5) is 0 Å². The molecular formula is C14H30O2. The van der Waals surface area contributed by atoms with Crippen molar-refractivity contribution in [2.24, 2.45) is 11.8 Å². The monoisotopic (exact) mass is 230 g/mol. The highest BCUT2D eigenvalue weighted by molar-refractivity contribution is 4.51. The minimum absolute atomic E-state index is 0.0105. The van der Waals surface area contributed by atoms with Crippen molar-refractivity contribution in [1.82, 2.24) is 0 Å². The molecule has 0 aliphatic rings. The molecule has 0 radical (unpaired) electrons. The molecule has 0 atom stereocenters. The van der Waals surface area contributed by atoms with Crippen molar-refractivity contribution in [3.63, 3.8) is 0 Å². The van der Waals surface area contributed by atoms with Crippen LogP contribution in [0, 0.1) is 11.8 Å². The normalized spacial score (nSPS) is 12.0. The van der Waals surface area contributed by atoms with Gasteiger partial charge in [-0.25, -0.2) is 0 Å². The maximum absolute atomic E-state index is 5.78. The van der Waals surface area contributed by atoms with E-state index >= 15 is 0 Å². The number of hydrogen-bond donors (Lipinski definition) is 0. The third kappa shape index (κ3) is 10.4. The predicted molar refractivity (Wildman–Crippen MR) is 69.5 cm³/mol. The topological polar surface area (TPSA) is 18.5 Å². The summed E-state index contributed by atoms with van der Waals surface area (Å²) < 4.78 is 11.6. The molecule has 0 saturated heterocycles. The third-order valence-corrected chi connectivity index (χ3v) is 2.27. The maximum atomic E-state index is 5.78. The van der Waals surface area contributed by atoms with Crippen molar-refractivity contribution in [2.45, 2.75) is 66.6 Å². The molecule has 0 aliphatic carbocycles. The summed E-state index contributed by atoms with van der Waals surface area (Å²) in [5, 5.41) is 0. The van der Waals surface area contributed by atoms with Gasteiger partial charge in [0.05, 0.1) is 13.2 Å². The second kappa shape index (κ2) is 10.1. The van der Waals surface area contributed by atoms with Gasteiger partial charge in [0.25, 0.3) is 0 Å². The third-order valence-electron chi connectivity index (χ3n) is 2.27. The standard InChI is InChI=1S/C14H30O2/c1-6-7-8-9-14(15-10-12(2)3)16-11-13(4)5/h12-14H,6-11H2,1-5H3. The molecule has 0 saturated carbocycles. The van der Waals surface area contributed by atoms with Gasteiger partial charge in [-0.3, -0.25) is 0 Å². The molecule has 0 aromatic rings. The number of rotatable bonds is 10. The van der Waals surface area contributed by atoms with E-state index in [1.165, 1.54) is 19.3 Å². The van der Waals surface area contributed by atoms with E-state index in [9.17, 15) is 0 Å². The van der Waals surface area contributed by atoms with Crippen LogP contribution in [-0.2, 0) is 9.47 Å². The zero-order chi connectivity index (χ0) is 12.4. The molecule has 2 heteroatoms. The van der Waals surface area contributed by atoms with Gasteiger partial charge in [0.1, 0.15) is 0 Å². The Morgan fingerprint density at radius 2 is 1.31 bits per heavy atom. The molecule has 0 aliphatic heterocycles. The van der Waals surface area contributed by atoms with Crippen LogP contribution in [0.3, 0.4) is 0 Å². The van der Waals surface area contributed by atoms with Gasteiger partial charge in [-0.15, -0.1) is 0 Å². The van der Waals surface area contributed by atoms with E-state index in [4.69, 9.17) is 9.47 Å². The van der Waals surface area contributed by atoms with E-state index in [-0.39, 0.29) is 6.29 Å². The summed E-state index contributed by atoms with van der Waals surface area (Å²) in [6, 6.07) is 0. The fourth-order valence-electron chi connectivity index (χ4n) is 1.38. The van der Waals surface area contributed by atoms with Gasteiger partial charge < -0.3 is 9.47 Å². The summed E-state index contributed by atoms with van der Waals surface area (Å²) >= 11 is 0. The minimum Gasteiger partial charge on any atom is -0.352 e. The van der Waals surface area contributed by atoms with Crippen molar-refractivity contribution in [3.8, 4) is 0 Å². The molecular weight excluding hydrogens is 200 g/mol. The molecule has 2 nitrogen and oxygen atoms in total. The zero-order valence-corrected chi connectivity index (χ0v) is 11.8. The molecule has 0 unspecified atom stereocenters. The maximum Gasteiger partial charge on any atom is 0.157 e. The molecule has 0 fully saturated rings. The SMILES string of the molecule is CCCCCC(OCC(C)C)OCC(C)C. The van der Waals surface area contributed by atoms with E-state index in [1.807, 2.05) is 0 Å². The van der Waals surface area contributed by atoms with Gasteiger partial charge in [-0.05, 0) is 24.7 Å².